The summed E-state index contributed by atoms with van der Waals surface area (Å²) in [4.78, 5) is 8.01. The smallest absolute Gasteiger partial charge is 0.242 e. The number of nitrogens with zero attached hydrogens (tertiary/aromatic N) is 2. The molecule has 0 unspecified atom stereocenters. The Bertz CT molecular complexity index is 536. The van der Waals surface area contributed by atoms with Crippen LogP contribution in [0.3, 0.4) is 0 Å². The Balaban J connectivity index is 2.28. The fourth-order valence-electron chi connectivity index (χ4n) is 1.23. The Morgan fingerprint density at radius 2 is 2.06 bits per heavy atom. The van der Waals surface area contributed by atoms with Gasteiger partial charge in [0.1, 0.15) is 17.3 Å². The van der Waals surface area contributed by atoms with Crippen LogP contribution in [0.15, 0.2) is 30.6 Å². The molecule has 0 aliphatic rings. The number of hydrogen-bond donors (Lipinski definition) is 1. The highest BCUT2D eigenvalue weighted by molar-refractivity contribution is 6.30. The van der Waals surface area contributed by atoms with Gasteiger partial charge in [-0.3, -0.25) is 4.98 Å². The third kappa shape index (κ3) is 2.69. The van der Waals surface area contributed by atoms with Crippen molar-refractivity contribution in [3.05, 3.63) is 47.1 Å². The van der Waals surface area contributed by atoms with Crippen molar-refractivity contribution in [2.45, 2.75) is 6.54 Å². The molecule has 0 aliphatic carbocycles. The number of hydrogen-bond acceptors (Lipinski definition) is 4. The van der Waals surface area contributed by atoms with E-state index >= 15 is 0 Å². The molecule has 0 saturated heterocycles. The molecule has 4 nitrogen and oxygen atoms in total. The Labute approximate surface area is 102 Å². The molecule has 17 heavy (non-hydrogen) atoms. The summed E-state index contributed by atoms with van der Waals surface area (Å²) in [6.07, 6.45) is 3.01. The number of aromatic nitrogens is 2. The van der Waals surface area contributed by atoms with Crippen LogP contribution in [-0.4, -0.2) is 9.97 Å². The molecule has 0 atom stereocenters. The second kappa shape index (κ2) is 5.07. The molecule has 0 aliphatic heterocycles. The van der Waals surface area contributed by atoms with Crippen LogP contribution in [0, 0.1) is 5.82 Å². The van der Waals surface area contributed by atoms with Crippen LogP contribution in [0.2, 0.25) is 5.02 Å². The molecule has 1 aromatic carbocycles. The first-order valence-corrected chi connectivity index (χ1v) is 5.21. The number of ether oxygens (including phenoxy) is 1. The largest absolute Gasteiger partial charge is 0.437 e. The quantitative estimate of drug-likeness (QED) is 0.913. The van der Waals surface area contributed by atoms with Crippen LogP contribution in [0.25, 0.3) is 0 Å². The molecule has 88 valence electrons. The van der Waals surface area contributed by atoms with Crippen molar-refractivity contribution in [2.75, 3.05) is 0 Å². The summed E-state index contributed by atoms with van der Waals surface area (Å²) >= 11 is 5.64. The van der Waals surface area contributed by atoms with Crippen molar-refractivity contribution in [1.82, 2.24) is 9.97 Å². The topological polar surface area (TPSA) is 61.0 Å². The highest BCUT2D eigenvalue weighted by atomic mass is 35.5. The first-order chi connectivity index (χ1) is 8.20. The van der Waals surface area contributed by atoms with Gasteiger partial charge in [0.15, 0.2) is 0 Å². The zero-order valence-electron chi connectivity index (χ0n) is 8.73. The lowest BCUT2D eigenvalue weighted by molar-refractivity contribution is 0.450. The predicted molar refractivity (Wildman–Crippen MR) is 61.4 cm³/mol. The molecule has 1 heterocycles. The molecule has 0 saturated carbocycles. The Kier molecular flexibility index (Phi) is 3.51. The lowest BCUT2D eigenvalue weighted by atomic mass is 10.3. The molecule has 0 spiro atoms. The van der Waals surface area contributed by atoms with Gasteiger partial charge in [0.25, 0.3) is 0 Å². The second-order valence-electron chi connectivity index (χ2n) is 3.19. The van der Waals surface area contributed by atoms with Crippen molar-refractivity contribution >= 4 is 11.6 Å². The second-order valence-corrected chi connectivity index (χ2v) is 3.60. The summed E-state index contributed by atoms with van der Waals surface area (Å²) in [6, 6.07) is 4.04. The number of benzene rings is 1. The summed E-state index contributed by atoms with van der Waals surface area (Å²) in [6.45, 7) is 0.206. The van der Waals surface area contributed by atoms with Crippen molar-refractivity contribution in [1.29, 1.82) is 0 Å². The van der Waals surface area contributed by atoms with Crippen LogP contribution in [-0.2, 0) is 6.54 Å². The van der Waals surface area contributed by atoms with Crippen molar-refractivity contribution < 1.29 is 9.13 Å². The SMILES string of the molecule is NCc1nccnc1Oc1ccc(F)c(Cl)c1. The van der Waals surface area contributed by atoms with Gasteiger partial charge in [0, 0.05) is 25.0 Å². The lowest BCUT2D eigenvalue weighted by Crippen LogP contribution is -2.03. The Morgan fingerprint density at radius 3 is 2.76 bits per heavy atom. The van der Waals surface area contributed by atoms with E-state index in [1.165, 1.54) is 30.6 Å². The Hall–Kier alpha value is -1.72. The van der Waals surface area contributed by atoms with E-state index in [2.05, 4.69) is 9.97 Å². The first kappa shape index (κ1) is 11.8. The van der Waals surface area contributed by atoms with Crippen molar-refractivity contribution in [3.8, 4) is 11.6 Å². The maximum atomic E-state index is 12.9. The fraction of sp³-hybridized carbons (Fsp3) is 0.0909. The van der Waals surface area contributed by atoms with Crippen LogP contribution in [0.5, 0.6) is 11.6 Å². The Morgan fingerprint density at radius 1 is 1.29 bits per heavy atom. The van der Waals surface area contributed by atoms with Gasteiger partial charge in [-0.05, 0) is 12.1 Å². The predicted octanol–water partition coefficient (Wildman–Crippen LogP) is 2.52. The van der Waals surface area contributed by atoms with E-state index in [4.69, 9.17) is 22.1 Å². The average Bonchev–Trinajstić information content (AvgIpc) is 2.34. The van der Waals surface area contributed by atoms with Crippen molar-refractivity contribution in [2.24, 2.45) is 5.73 Å². The molecule has 0 fully saturated rings. The van der Waals surface area contributed by atoms with Gasteiger partial charge in [-0.2, -0.15) is 0 Å². The van der Waals surface area contributed by atoms with E-state index in [1.54, 1.807) is 0 Å². The third-order valence-electron chi connectivity index (χ3n) is 2.03. The van der Waals surface area contributed by atoms with Crippen molar-refractivity contribution in [3.63, 3.8) is 0 Å². The number of nitrogens with two attached hydrogens (primary N) is 1. The maximum absolute atomic E-state index is 12.9. The summed E-state index contributed by atoms with van der Waals surface area (Å²) in [5.41, 5.74) is 6.01. The summed E-state index contributed by atoms with van der Waals surface area (Å²) in [5, 5.41) is -0.0133. The van der Waals surface area contributed by atoms with Gasteiger partial charge in [-0.15, -0.1) is 0 Å². The summed E-state index contributed by atoms with van der Waals surface area (Å²) < 4.78 is 18.4. The third-order valence-corrected chi connectivity index (χ3v) is 2.32. The highest BCUT2D eigenvalue weighted by Gasteiger charge is 2.07. The molecule has 6 heteroatoms. The molecule has 0 bridgehead atoms. The zero-order valence-corrected chi connectivity index (χ0v) is 9.49. The van der Waals surface area contributed by atoms with Gasteiger partial charge < -0.3 is 10.5 Å². The highest BCUT2D eigenvalue weighted by Crippen LogP contribution is 2.25. The molecule has 2 N–H and O–H groups in total. The number of halogens is 2. The average molecular weight is 254 g/mol. The van der Waals surface area contributed by atoms with E-state index in [-0.39, 0.29) is 17.4 Å². The van der Waals surface area contributed by atoms with Gasteiger partial charge in [-0.25, -0.2) is 9.37 Å². The molecule has 0 amide bonds. The lowest BCUT2D eigenvalue weighted by Gasteiger charge is -2.07. The minimum Gasteiger partial charge on any atom is -0.437 e. The van der Waals surface area contributed by atoms with Crippen LogP contribution < -0.4 is 10.5 Å². The van der Waals surface area contributed by atoms with Gasteiger partial charge in [-0.1, -0.05) is 11.6 Å². The molecule has 2 rings (SSSR count). The zero-order chi connectivity index (χ0) is 12.3. The van der Waals surface area contributed by atoms with E-state index < -0.39 is 5.82 Å². The molecular formula is C11H9ClFN3O. The van der Waals surface area contributed by atoms with E-state index in [0.29, 0.717) is 11.4 Å². The van der Waals surface area contributed by atoms with Crippen LogP contribution in [0.4, 0.5) is 4.39 Å². The van der Waals surface area contributed by atoms with E-state index in [9.17, 15) is 4.39 Å². The van der Waals surface area contributed by atoms with Gasteiger partial charge >= 0.3 is 0 Å². The molecule has 2 aromatic rings. The van der Waals surface area contributed by atoms with Crippen LogP contribution in [0.1, 0.15) is 5.69 Å². The normalized spacial score (nSPS) is 10.3. The number of rotatable bonds is 3. The fourth-order valence-corrected chi connectivity index (χ4v) is 1.40. The minimum atomic E-state index is -0.503. The first-order valence-electron chi connectivity index (χ1n) is 4.83. The standard InChI is InChI=1S/C11H9ClFN3O/c12-8-5-7(1-2-9(8)13)17-11-10(6-14)15-3-4-16-11/h1-5H,6,14H2. The van der Waals surface area contributed by atoms with E-state index in [1.807, 2.05) is 0 Å². The summed E-state index contributed by atoms with van der Waals surface area (Å²) in [7, 11) is 0. The van der Waals surface area contributed by atoms with E-state index in [0.717, 1.165) is 0 Å². The monoisotopic (exact) mass is 253 g/mol. The van der Waals surface area contributed by atoms with Gasteiger partial charge in [0.2, 0.25) is 5.88 Å². The minimum absolute atomic E-state index is 0.0133. The van der Waals surface area contributed by atoms with Crippen LogP contribution >= 0.6 is 11.6 Å². The summed E-state index contributed by atoms with van der Waals surface area (Å²) in [5.74, 6) is 0.168. The molecule has 0 radical (unpaired) electrons. The molecular weight excluding hydrogens is 245 g/mol. The molecule has 1 aromatic heterocycles. The maximum Gasteiger partial charge on any atom is 0.242 e. The van der Waals surface area contributed by atoms with Gasteiger partial charge in [0.05, 0.1) is 5.02 Å².